The first-order valence-electron chi connectivity index (χ1n) is 10.5. The lowest BCUT2D eigenvalue weighted by molar-refractivity contribution is -0.142. The fourth-order valence-electron chi connectivity index (χ4n) is 2.68. The number of nitrogens with zero attached hydrogens (tertiary/aromatic N) is 1. The smallest absolute Gasteiger partial charge is 0.326 e. The molecule has 0 aliphatic heterocycles. The van der Waals surface area contributed by atoms with Gasteiger partial charge in [-0.2, -0.15) is 11.8 Å². The number of hydrogen-bond acceptors (Lipinski definition) is 8. The van der Waals surface area contributed by atoms with Crippen LogP contribution in [-0.4, -0.2) is 89.2 Å². The summed E-state index contributed by atoms with van der Waals surface area (Å²) in [6.45, 7) is 3.02. The predicted molar refractivity (Wildman–Crippen MR) is 126 cm³/mol. The Bertz CT molecular complexity index is 688. The van der Waals surface area contributed by atoms with Crippen molar-refractivity contribution >= 4 is 41.4 Å². The molecule has 0 radical (unpaired) electrons. The van der Waals surface area contributed by atoms with Crippen LogP contribution in [0.25, 0.3) is 0 Å². The third-order valence-corrected chi connectivity index (χ3v) is 5.23. The molecule has 0 saturated heterocycles. The number of carboxylic acid groups (broad SMARTS) is 1. The van der Waals surface area contributed by atoms with Crippen LogP contribution in [-0.2, 0) is 19.2 Å². The molecule has 13 nitrogen and oxygen atoms in total. The average molecular weight is 492 g/mol. The van der Waals surface area contributed by atoms with Crippen LogP contribution < -0.4 is 33.2 Å². The molecule has 0 aromatic heterocycles. The minimum Gasteiger partial charge on any atom is -0.480 e. The van der Waals surface area contributed by atoms with Gasteiger partial charge in [-0.1, -0.05) is 13.8 Å². The van der Waals surface area contributed by atoms with Crippen molar-refractivity contribution in [2.45, 2.75) is 57.3 Å². The summed E-state index contributed by atoms with van der Waals surface area (Å²) in [5, 5.41) is 26.0. The van der Waals surface area contributed by atoms with Crippen LogP contribution in [0.15, 0.2) is 4.99 Å². The van der Waals surface area contributed by atoms with E-state index in [1.165, 1.54) is 11.8 Å². The maximum atomic E-state index is 12.8. The molecule has 0 aliphatic carbocycles. The number of aliphatic hydroxyl groups is 1. The number of aliphatic carboxylic acids is 1. The molecular weight excluding hydrogens is 454 g/mol. The molecule has 3 amide bonds. The second-order valence-corrected chi connectivity index (χ2v) is 8.70. The Hall–Kier alpha value is -2.58. The molecule has 0 aliphatic rings. The molecule has 0 spiro atoms. The number of carbonyl (C=O) groups excluding carboxylic acids is 3. The molecule has 0 aromatic carbocycles. The van der Waals surface area contributed by atoms with Crippen LogP contribution in [0.4, 0.5) is 0 Å². The molecule has 190 valence electrons. The van der Waals surface area contributed by atoms with Gasteiger partial charge in [0.2, 0.25) is 17.7 Å². The fraction of sp³-hybridized carbons (Fsp3) is 0.737. The van der Waals surface area contributed by atoms with Crippen molar-refractivity contribution in [2.75, 3.05) is 25.2 Å². The summed E-state index contributed by atoms with van der Waals surface area (Å²) in [4.78, 5) is 53.0. The monoisotopic (exact) mass is 491 g/mol. The molecule has 11 N–H and O–H groups in total. The van der Waals surface area contributed by atoms with Crippen molar-refractivity contribution in [3.05, 3.63) is 0 Å². The van der Waals surface area contributed by atoms with Gasteiger partial charge in [-0.15, -0.1) is 0 Å². The minimum absolute atomic E-state index is 0.0881. The van der Waals surface area contributed by atoms with Crippen LogP contribution in [0.5, 0.6) is 0 Å². The second-order valence-electron chi connectivity index (χ2n) is 7.71. The summed E-state index contributed by atoms with van der Waals surface area (Å²) >= 11 is 1.45. The molecule has 33 heavy (non-hydrogen) atoms. The highest BCUT2D eigenvalue weighted by molar-refractivity contribution is 7.98. The molecule has 0 heterocycles. The molecule has 4 unspecified atom stereocenters. The minimum atomic E-state index is -1.23. The summed E-state index contributed by atoms with van der Waals surface area (Å²) in [6, 6.07) is -4.41. The maximum Gasteiger partial charge on any atom is 0.326 e. The molecule has 0 saturated carbocycles. The van der Waals surface area contributed by atoms with Crippen LogP contribution in [0.1, 0.15) is 33.1 Å². The van der Waals surface area contributed by atoms with E-state index in [0.29, 0.717) is 12.2 Å². The number of guanidine groups is 1. The Morgan fingerprint density at radius 1 is 0.970 bits per heavy atom. The SMILES string of the molecule is CSCCC(NC(=O)C(NC(=O)C(N)CO)C(C)C)C(=O)NC(CCCN=C(N)N)C(=O)O. The molecule has 4 atom stereocenters. The third kappa shape index (κ3) is 12.3. The van der Waals surface area contributed by atoms with Gasteiger partial charge in [0.15, 0.2) is 5.96 Å². The number of carbonyl (C=O) groups is 4. The standard InChI is InChI=1S/C19H37N7O6S/c1-10(2)14(26-15(28)11(20)9-27)17(30)24-12(6-8-33-3)16(29)25-13(18(31)32)5-4-7-23-19(21)22/h10-14,27H,4-9,20H2,1-3H3,(H,24,30)(H,25,29)(H,26,28)(H,31,32)(H4,21,22,23). The van der Waals surface area contributed by atoms with Gasteiger partial charge in [-0.3, -0.25) is 19.4 Å². The molecule has 0 bridgehead atoms. The van der Waals surface area contributed by atoms with Gasteiger partial charge >= 0.3 is 5.97 Å². The normalized spacial score (nSPS) is 14.5. The second kappa shape index (κ2) is 16.1. The van der Waals surface area contributed by atoms with E-state index in [-0.39, 0.29) is 31.3 Å². The van der Waals surface area contributed by atoms with Crippen molar-refractivity contribution in [1.29, 1.82) is 0 Å². The summed E-state index contributed by atoms with van der Waals surface area (Å²) in [5.74, 6) is -3.15. The number of thioether (sulfide) groups is 1. The molecular formula is C19H37N7O6S. The summed E-state index contributed by atoms with van der Waals surface area (Å²) in [7, 11) is 0. The Balaban J connectivity index is 5.31. The van der Waals surface area contributed by atoms with Crippen molar-refractivity contribution in [1.82, 2.24) is 16.0 Å². The van der Waals surface area contributed by atoms with Gasteiger partial charge < -0.3 is 43.4 Å². The van der Waals surface area contributed by atoms with Gasteiger partial charge in [0.25, 0.3) is 0 Å². The van der Waals surface area contributed by atoms with Gasteiger partial charge in [0, 0.05) is 6.54 Å². The lowest BCUT2D eigenvalue weighted by atomic mass is 10.0. The number of nitrogens with one attached hydrogen (secondary N) is 3. The lowest BCUT2D eigenvalue weighted by Gasteiger charge is -2.26. The van der Waals surface area contributed by atoms with Crippen molar-refractivity contribution < 1.29 is 29.4 Å². The Labute approximate surface area is 197 Å². The summed E-state index contributed by atoms with van der Waals surface area (Å²) in [5.41, 5.74) is 16.0. The predicted octanol–water partition coefficient (Wildman–Crippen LogP) is -2.69. The van der Waals surface area contributed by atoms with Crippen molar-refractivity contribution in [2.24, 2.45) is 28.1 Å². The first-order valence-corrected chi connectivity index (χ1v) is 11.9. The van der Waals surface area contributed by atoms with Crippen molar-refractivity contribution in [3.8, 4) is 0 Å². The molecule has 0 fully saturated rings. The number of rotatable bonds is 16. The highest BCUT2D eigenvalue weighted by atomic mass is 32.2. The van der Waals surface area contributed by atoms with E-state index in [0.717, 1.165) is 0 Å². The van der Waals surface area contributed by atoms with Gasteiger partial charge in [-0.25, -0.2) is 4.79 Å². The fourth-order valence-corrected chi connectivity index (χ4v) is 3.15. The van der Waals surface area contributed by atoms with Gasteiger partial charge in [0.05, 0.1) is 6.61 Å². The van der Waals surface area contributed by atoms with E-state index in [2.05, 4.69) is 20.9 Å². The molecule has 0 aromatic rings. The average Bonchev–Trinajstić information content (AvgIpc) is 2.75. The van der Waals surface area contributed by atoms with E-state index >= 15 is 0 Å². The van der Waals surface area contributed by atoms with Crippen LogP contribution in [0.3, 0.4) is 0 Å². The van der Waals surface area contributed by atoms with E-state index in [1.807, 2.05) is 6.26 Å². The van der Waals surface area contributed by atoms with E-state index in [4.69, 9.17) is 22.3 Å². The first-order chi connectivity index (χ1) is 15.4. The number of carboxylic acids is 1. The zero-order valence-electron chi connectivity index (χ0n) is 19.2. The van der Waals surface area contributed by atoms with Crippen LogP contribution in [0, 0.1) is 5.92 Å². The van der Waals surface area contributed by atoms with Crippen molar-refractivity contribution in [3.63, 3.8) is 0 Å². The lowest BCUT2D eigenvalue weighted by Crippen LogP contribution is -2.58. The Morgan fingerprint density at radius 2 is 1.58 bits per heavy atom. The zero-order chi connectivity index (χ0) is 25.6. The Morgan fingerprint density at radius 3 is 2.06 bits per heavy atom. The summed E-state index contributed by atoms with van der Waals surface area (Å²) < 4.78 is 0. The van der Waals surface area contributed by atoms with Gasteiger partial charge in [0.1, 0.15) is 24.2 Å². The molecule has 0 rings (SSSR count). The van der Waals surface area contributed by atoms with E-state index in [1.54, 1.807) is 13.8 Å². The number of aliphatic imine (C=N–C) groups is 1. The van der Waals surface area contributed by atoms with Gasteiger partial charge in [-0.05, 0) is 37.2 Å². The third-order valence-electron chi connectivity index (χ3n) is 4.58. The highest BCUT2D eigenvalue weighted by Crippen LogP contribution is 2.07. The summed E-state index contributed by atoms with van der Waals surface area (Å²) in [6.07, 6.45) is 2.48. The van der Waals surface area contributed by atoms with Crippen LogP contribution in [0.2, 0.25) is 0 Å². The highest BCUT2D eigenvalue weighted by Gasteiger charge is 2.31. The Kier molecular flexibility index (Phi) is 14.8. The number of aliphatic hydroxyl groups excluding tert-OH is 1. The van der Waals surface area contributed by atoms with E-state index in [9.17, 15) is 24.3 Å². The molecule has 14 heteroatoms. The van der Waals surface area contributed by atoms with E-state index < -0.39 is 54.5 Å². The quantitative estimate of drug-likeness (QED) is 0.0632. The number of nitrogens with two attached hydrogens (primary N) is 3. The number of hydrogen-bond donors (Lipinski definition) is 8. The van der Waals surface area contributed by atoms with Crippen LogP contribution >= 0.6 is 11.8 Å². The topological polar surface area (TPSA) is 235 Å². The number of amides is 3. The largest absolute Gasteiger partial charge is 0.480 e. The zero-order valence-corrected chi connectivity index (χ0v) is 20.1. The first kappa shape index (κ1) is 30.4. The maximum absolute atomic E-state index is 12.8.